The first kappa shape index (κ1) is 17.5. The van der Waals surface area contributed by atoms with Gasteiger partial charge in [-0.2, -0.15) is 0 Å². The van der Waals surface area contributed by atoms with E-state index in [1.165, 1.54) is 18.2 Å². The van der Waals surface area contributed by atoms with Gasteiger partial charge in [0.2, 0.25) is 0 Å². The van der Waals surface area contributed by atoms with Crippen LogP contribution in [0.25, 0.3) is 0 Å². The number of anilines is 1. The maximum atomic E-state index is 12.4. The number of amides is 1. The van der Waals surface area contributed by atoms with E-state index in [-0.39, 0.29) is 5.91 Å². The van der Waals surface area contributed by atoms with E-state index in [1.54, 1.807) is 18.2 Å². The fourth-order valence-corrected chi connectivity index (χ4v) is 3.62. The van der Waals surface area contributed by atoms with Crippen molar-refractivity contribution >= 4 is 17.6 Å². The molecular formula is C21H22N2O4. The van der Waals surface area contributed by atoms with Gasteiger partial charge in [-0.3, -0.25) is 9.69 Å². The number of methoxy groups -OCH3 is 1. The molecule has 0 aromatic heterocycles. The number of nitrogens with zero attached hydrogens (tertiary/aromatic N) is 1. The molecule has 0 spiro atoms. The Labute approximate surface area is 158 Å². The number of nitrogens with one attached hydrogen (secondary N) is 1. The van der Waals surface area contributed by atoms with Crippen molar-refractivity contribution in [1.82, 2.24) is 4.90 Å². The lowest BCUT2D eigenvalue weighted by molar-refractivity contribution is -0.124. The Morgan fingerprint density at radius 2 is 2.07 bits per heavy atom. The summed E-state index contributed by atoms with van der Waals surface area (Å²) in [5, 5.41) is 2.86. The summed E-state index contributed by atoms with van der Waals surface area (Å²) in [6.45, 7) is 2.65. The van der Waals surface area contributed by atoms with Gasteiger partial charge in [-0.05, 0) is 35.7 Å². The second kappa shape index (κ2) is 7.40. The summed E-state index contributed by atoms with van der Waals surface area (Å²) in [5.41, 5.74) is 3.74. The largest absolute Gasteiger partial charge is 0.478 e. The smallest absolute Gasteiger partial charge is 0.337 e. The topological polar surface area (TPSA) is 67.9 Å². The molecule has 140 valence electrons. The minimum absolute atomic E-state index is 0.147. The quantitative estimate of drug-likeness (QED) is 0.843. The second-order valence-corrected chi connectivity index (χ2v) is 6.88. The third-order valence-corrected chi connectivity index (χ3v) is 5.14. The number of hydrogen-bond acceptors (Lipinski definition) is 5. The molecular weight excluding hydrogens is 344 g/mol. The van der Waals surface area contributed by atoms with Crippen LogP contribution in [0.4, 0.5) is 5.69 Å². The van der Waals surface area contributed by atoms with Crippen LogP contribution < -0.4 is 10.1 Å². The molecule has 2 aliphatic heterocycles. The van der Waals surface area contributed by atoms with E-state index >= 15 is 0 Å². The standard InChI is InChI=1S/C21H22N2O4/c1-26-21(25)15-6-7-17-19(12-15)27-18(20(24)22-17)9-11-23-10-8-14-4-2-3-5-16(14)13-23/h2-7,12,18H,8-11,13H2,1H3,(H,22,24). The molecule has 1 amide bonds. The number of hydrogen-bond donors (Lipinski definition) is 1. The third kappa shape index (κ3) is 3.66. The molecule has 2 aliphatic rings. The van der Waals surface area contributed by atoms with Crippen molar-refractivity contribution in [3.63, 3.8) is 0 Å². The van der Waals surface area contributed by atoms with Crippen molar-refractivity contribution in [3.05, 3.63) is 59.2 Å². The summed E-state index contributed by atoms with van der Waals surface area (Å²) < 4.78 is 10.6. The van der Waals surface area contributed by atoms with Crippen molar-refractivity contribution in [1.29, 1.82) is 0 Å². The fourth-order valence-electron chi connectivity index (χ4n) is 3.62. The van der Waals surface area contributed by atoms with Crippen LogP contribution in [0.5, 0.6) is 5.75 Å². The molecule has 1 atom stereocenters. The second-order valence-electron chi connectivity index (χ2n) is 6.88. The summed E-state index contributed by atoms with van der Waals surface area (Å²) in [5.74, 6) is -0.0703. The molecule has 0 saturated heterocycles. The van der Waals surface area contributed by atoms with Gasteiger partial charge >= 0.3 is 5.97 Å². The number of esters is 1. The molecule has 0 fully saturated rings. The number of carbonyl (C=O) groups is 2. The van der Waals surface area contributed by atoms with E-state index in [4.69, 9.17) is 9.47 Å². The average Bonchev–Trinajstić information content (AvgIpc) is 2.71. The number of ether oxygens (including phenoxy) is 2. The Bertz CT molecular complexity index is 880. The summed E-state index contributed by atoms with van der Waals surface area (Å²) in [7, 11) is 1.34. The van der Waals surface area contributed by atoms with Crippen molar-refractivity contribution in [3.8, 4) is 5.75 Å². The molecule has 4 rings (SSSR count). The van der Waals surface area contributed by atoms with Gasteiger partial charge in [-0.25, -0.2) is 4.79 Å². The molecule has 2 aromatic rings. The summed E-state index contributed by atoms with van der Waals surface area (Å²) in [6, 6.07) is 13.4. The maximum Gasteiger partial charge on any atom is 0.337 e. The number of carbonyl (C=O) groups excluding carboxylic acids is 2. The minimum Gasteiger partial charge on any atom is -0.478 e. The van der Waals surface area contributed by atoms with Crippen LogP contribution >= 0.6 is 0 Å². The molecule has 2 heterocycles. The third-order valence-electron chi connectivity index (χ3n) is 5.14. The van der Waals surface area contributed by atoms with E-state index in [1.807, 2.05) is 0 Å². The Hall–Kier alpha value is -2.86. The fraction of sp³-hybridized carbons (Fsp3) is 0.333. The zero-order chi connectivity index (χ0) is 18.8. The van der Waals surface area contributed by atoms with Gasteiger partial charge in [-0.1, -0.05) is 24.3 Å². The molecule has 0 bridgehead atoms. The van der Waals surface area contributed by atoms with Gasteiger partial charge in [0.05, 0.1) is 18.4 Å². The highest BCUT2D eigenvalue weighted by Gasteiger charge is 2.29. The molecule has 6 nitrogen and oxygen atoms in total. The molecule has 27 heavy (non-hydrogen) atoms. The molecule has 6 heteroatoms. The monoisotopic (exact) mass is 366 g/mol. The maximum absolute atomic E-state index is 12.4. The molecule has 1 N–H and O–H groups in total. The van der Waals surface area contributed by atoms with E-state index in [2.05, 4.69) is 34.5 Å². The van der Waals surface area contributed by atoms with Crippen LogP contribution in [0.3, 0.4) is 0 Å². The van der Waals surface area contributed by atoms with Gasteiger partial charge in [-0.15, -0.1) is 0 Å². The number of rotatable bonds is 4. The first-order valence-corrected chi connectivity index (χ1v) is 9.13. The van der Waals surface area contributed by atoms with Crippen molar-refractivity contribution < 1.29 is 19.1 Å². The SMILES string of the molecule is COC(=O)c1ccc2c(c1)OC(CCN1CCc3ccccc3C1)C(=O)N2. The predicted molar refractivity (Wildman–Crippen MR) is 101 cm³/mol. The van der Waals surface area contributed by atoms with E-state index < -0.39 is 12.1 Å². The zero-order valence-electron chi connectivity index (χ0n) is 15.2. The van der Waals surface area contributed by atoms with E-state index in [0.29, 0.717) is 23.4 Å². The first-order chi connectivity index (χ1) is 13.1. The van der Waals surface area contributed by atoms with Crippen LogP contribution in [-0.2, 0) is 22.5 Å². The van der Waals surface area contributed by atoms with Gasteiger partial charge < -0.3 is 14.8 Å². The van der Waals surface area contributed by atoms with E-state index in [0.717, 1.165) is 26.1 Å². The summed E-state index contributed by atoms with van der Waals surface area (Å²) in [4.78, 5) is 26.4. The molecule has 0 saturated carbocycles. The highest BCUT2D eigenvalue weighted by Crippen LogP contribution is 2.32. The molecule has 2 aromatic carbocycles. The zero-order valence-corrected chi connectivity index (χ0v) is 15.2. The Morgan fingerprint density at radius 1 is 1.26 bits per heavy atom. The Morgan fingerprint density at radius 3 is 2.89 bits per heavy atom. The predicted octanol–water partition coefficient (Wildman–Crippen LogP) is 2.62. The Balaban J connectivity index is 1.40. The van der Waals surface area contributed by atoms with Crippen LogP contribution in [0.15, 0.2) is 42.5 Å². The van der Waals surface area contributed by atoms with Crippen molar-refractivity contribution in [2.45, 2.75) is 25.5 Å². The van der Waals surface area contributed by atoms with Crippen LogP contribution in [0.1, 0.15) is 27.9 Å². The van der Waals surface area contributed by atoms with Gasteiger partial charge in [0.1, 0.15) is 5.75 Å². The first-order valence-electron chi connectivity index (χ1n) is 9.13. The van der Waals surface area contributed by atoms with Gasteiger partial charge in [0.25, 0.3) is 5.91 Å². The normalized spacial score (nSPS) is 18.7. The van der Waals surface area contributed by atoms with Gasteiger partial charge in [0.15, 0.2) is 6.10 Å². The van der Waals surface area contributed by atoms with E-state index in [9.17, 15) is 9.59 Å². The highest BCUT2D eigenvalue weighted by molar-refractivity contribution is 5.99. The highest BCUT2D eigenvalue weighted by atomic mass is 16.5. The van der Waals surface area contributed by atoms with Crippen LogP contribution in [0.2, 0.25) is 0 Å². The summed E-state index contributed by atoms with van der Waals surface area (Å²) >= 11 is 0. The van der Waals surface area contributed by atoms with Crippen molar-refractivity contribution in [2.24, 2.45) is 0 Å². The Kier molecular flexibility index (Phi) is 4.81. The lowest BCUT2D eigenvalue weighted by Gasteiger charge is -2.31. The molecule has 1 unspecified atom stereocenters. The van der Waals surface area contributed by atoms with Crippen molar-refractivity contribution in [2.75, 3.05) is 25.5 Å². The molecule has 0 radical (unpaired) electrons. The average molecular weight is 366 g/mol. The minimum atomic E-state index is -0.567. The number of benzene rings is 2. The lowest BCUT2D eigenvalue weighted by Crippen LogP contribution is -2.40. The number of fused-ring (bicyclic) bond motifs is 2. The molecule has 0 aliphatic carbocycles. The van der Waals surface area contributed by atoms with Gasteiger partial charge in [0, 0.05) is 26.1 Å². The van der Waals surface area contributed by atoms with Crippen LogP contribution in [-0.4, -0.2) is 43.1 Å². The summed E-state index contributed by atoms with van der Waals surface area (Å²) in [6.07, 6.45) is 1.05. The lowest BCUT2D eigenvalue weighted by atomic mass is 9.99. The van der Waals surface area contributed by atoms with Crippen LogP contribution in [0, 0.1) is 0 Å².